The molecule has 20 heavy (non-hydrogen) atoms. The molecule has 0 N–H and O–H groups in total. The maximum Gasteiger partial charge on any atom is 0.186 e. The van der Waals surface area contributed by atoms with E-state index in [1.807, 2.05) is 18.0 Å². The SMILES string of the molecule is CN(Cc1cccc(F)c1)c1nc2c(s1)CCCC2=O. The Morgan fingerprint density at radius 2 is 2.25 bits per heavy atom. The van der Waals surface area contributed by atoms with Gasteiger partial charge in [-0.25, -0.2) is 9.37 Å². The van der Waals surface area contributed by atoms with Crippen molar-refractivity contribution >= 4 is 22.3 Å². The van der Waals surface area contributed by atoms with E-state index in [0.29, 0.717) is 18.7 Å². The number of rotatable bonds is 3. The molecule has 0 spiro atoms. The van der Waals surface area contributed by atoms with Crippen LogP contribution in [0.5, 0.6) is 0 Å². The Morgan fingerprint density at radius 1 is 1.40 bits per heavy atom. The molecule has 0 bridgehead atoms. The molecule has 0 saturated heterocycles. The molecular weight excluding hydrogens is 275 g/mol. The number of nitrogens with zero attached hydrogens (tertiary/aromatic N) is 2. The van der Waals surface area contributed by atoms with Crippen LogP contribution in [-0.4, -0.2) is 17.8 Å². The lowest BCUT2D eigenvalue weighted by Gasteiger charge is -2.15. The zero-order valence-corrected chi connectivity index (χ0v) is 12.0. The Hall–Kier alpha value is -1.75. The topological polar surface area (TPSA) is 33.2 Å². The smallest absolute Gasteiger partial charge is 0.186 e. The Labute approximate surface area is 121 Å². The first-order valence-electron chi connectivity index (χ1n) is 6.62. The summed E-state index contributed by atoms with van der Waals surface area (Å²) >= 11 is 1.57. The summed E-state index contributed by atoms with van der Waals surface area (Å²) in [6, 6.07) is 6.55. The number of fused-ring (bicyclic) bond motifs is 1. The summed E-state index contributed by atoms with van der Waals surface area (Å²) in [5, 5.41) is 0.828. The number of anilines is 1. The molecule has 5 heteroatoms. The van der Waals surface area contributed by atoms with Gasteiger partial charge in [-0.15, -0.1) is 11.3 Å². The van der Waals surface area contributed by atoms with Gasteiger partial charge in [0, 0.05) is 24.9 Å². The number of thiazole rings is 1. The van der Waals surface area contributed by atoms with Crippen LogP contribution in [0, 0.1) is 5.82 Å². The van der Waals surface area contributed by atoms with Gasteiger partial charge in [0.1, 0.15) is 11.5 Å². The molecule has 104 valence electrons. The number of benzene rings is 1. The van der Waals surface area contributed by atoms with Gasteiger partial charge in [0.15, 0.2) is 10.9 Å². The van der Waals surface area contributed by atoms with Crippen molar-refractivity contribution in [1.82, 2.24) is 4.98 Å². The molecule has 0 radical (unpaired) electrons. The first kappa shape index (κ1) is 13.2. The summed E-state index contributed by atoms with van der Waals surface area (Å²) in [4.78, 5) is 19.3. The van der Waals surface area contributed by atoms with E-state index in [4.69, 9.17) is 0 Å². The van der Waals surface area contributed by atoms with Crippen molar-refractivity contribution in [3.05, 3.63) is 46.2 Å². The van der Waals surface area contributed by atoms with Gasteiger partial charge in [-0.05, 0) is 30.5 Å². The molecule has 3 rings (SSSR count). The Bertz CT molecular complexity index is 653. The molecule has 2 aromatic rings. The second-order valence-electron chi connectivity index (χ2n) is 5.03. The van der Waals surface area contributed by atoms with Crippen LogP contribution in [0.2, 0.25) is 0 Å². The van der Waals surface area contributed by atoms with Crippen molar-refractivity contribution in [3.8, 4) is 0 Å². The van der Waals surface area contributed by atoms with Crippen LogP contribution in [0.1, 0.15) is 33.8 Å². The lowest BCUT2D eigenvalue weighted by molar-refractivity contribution is 0.0968. The second kappa shape index (κ2) is 5.32. The van der Waals surface area contributed by atoms with Crippen molar-refractivity contribution in [2.24, 2.45) is 0 Å². The van der Waals surface area contributed by atoms with Crippen LogP contribution >= 0.6 is 11.3 Å². The molecule has 1 aromatic carbocycles. The highest BCUT2D eigenvalue weighted by Crippen LogP contribution is 2.31. The van der Waals surface area contributed by atoms with Crippen molar-refractivity contribution in [2.45, 2.75) is 25.8 Å². The molecule has 3 nitrogen and oxygen atoms in total. The Balaban J connectivity index is 1.81. The van der Waals surface area contributed by atoms with E-state index < -0.39 is 0 Å². The second-order valence-corrected chi connectivity index (χ2v) is 6.09. The van der Waals surface area contributed by atoms with Crippen molar-refractivity contribution < 1.29 is 9.18 Å². The van der Waals surface area contributed by atoms with Crippen molar-refractivity contribution in [3.63, 3.8) is 0 Å². The molecule has 0 fully saturated rings. The van der Waals surface area contributed by atoms with E-state index in [2.05, 4.69) is 4.98 Å². The molecule has 1 aliphatic carbocycles. The number of Topliss-reactive ketones (excluding diaryl/α,β-unsaturated/α-hetero) is 1. The van der Waals surface area contributed by atoms with Crippen LogP contribution in [0.3, 0.4) is 0 Å². The monoisotopic (exact) mass is 290 g/mol. The maximum atomic E-state index is 13.2. The highest BCUT2D eigenvalue weighted by atomic mass is 32.1. The lowest BCUT2D eigenvalue weighted by atomic mass is 10.0. The summed E-state index contributed by atoms with van der Waals surface area (Å²) in [6.07, 6.45) is 2.46. The van der Waals surface area contributed by atoms with Crippen LogP contribution in [0.15, 0.2) is 24.3 Å². The molecule has 1 heterocycles. The summed E-state index contributed by atoms with van der Waals surface area (Å²) in [7, 11) is 1.92. The minimum absolute atomic E-state index is 0.146. The molecular formula is C15H15FN2OS. The average Bonchev–Trinajstić information content (AvgIpc) is 2.84. The van der Waals surface area contributed by atoms with E-state index in [1.54, 1.807) is 17.4 Å². The molecule has 0 saturated carbocycles. The van der Waals surface area contributed by atoms with Gasteiger partial charge in [0.25, 0.3) is 0 Å². The van der Waals surface area contributed by atoms with Gasteiger partial charge in [0.05, 0.1) is 0 Å². The molecule has 0 unspecified atom stereocenters. The molecule has 1 aliphatic rings. The van der Waals surface area contributed by atoms with Gasteiger partial charge >= 0.3 is 0 Å². The molecule has 0 aliphatic heterocycles. The van der Waals surface area contributed by atoms with Crippen LogP contribution in [0.25, 0.3) is 0 Å². The first-order valence-corrected chi connectivity index (χ1v) is 7.43. The van der Waals surface area contributed by atoms with E-state index in [0.717, 1.165) is 28.4 Å². The van der Waals surface area contributed by atoms with Gasteiger partial charge in [0.2, 0.25) is 0 Å². The quantitative estimate of drug-likeness (QED) is 0.868. The highest BCUT2D eigenvalue weighted by Gasteiger charge is 2.23. The fraction of sp³-hybridized carbons (Fsp3) is 0.333. The zero-order chi connectivity index (χ0) is 14.1. The third kappa shape index (κ3) is 2.58. The summed E-state index contributed by atoms with van der Waals surface area (Å²) in [6.45, 7) is 0.582. The maximum absolute atomic E-state index is 13.2. The van der Waals surface area contributed by atoms with E-state index in [-0.39, 0.29) is 11.6 Å². The number of carbonyl (C=O) groups excluding carboxylic acids is 1. The third-order valence-electron chi connectivity index (χ3n) is 3.39. The van der Waals surface area contributed by atoms with Gasteiger partial charge in [-0.2, -0.15) is 0 Å². The first-order chi connectivity index (χ1) is 9.63. The predicted octanol–water partition coefficient (Wildman–Crippen LogP) is 3.44. The number of carbonyl (C=O) groups is 1. The summed E-state index contributed by atoms with van der Waals surface area (Å²) in [5.41, 5.74) is 1.54. The van der Waals surface area contributed by atoms with E-state index in [1.165, 1.54) is 12.1 Å². The van der Waals surface area contributed by atoms with Crippen molar-refractivity contribution in [1.29, 1.82) is 0 Å². The fourth-order valence-corrected chi connectivity index (χ4v) is 3.47. The van der Waals surface area contributed by atoms with Crippen LogP contribution in [0.4, 0.5) is 9.52 Å². The minimum atomic E-state index is -0.232. The molecule has 0 atom stereocenters. The largest absolute Gasteiger partial charge is 0.347 e. The van der Waals surface area contributed by atoms with E-state index in [9.17, 15) is 9.18 Å². The van der Waals surface area contributed by atoms with Gasteiger partial charge in [-0.3, -0.25) is 4.79 Å². The lowest BCUT2D eigenvalue weighted by Crippen LogP contribution is -2.16. The summed E-state index contributed by atoms with van der Waals surface area (Å²) < 4.78 is 13.2. The van der Waals surface area contributed by atoms with E-state index >= 15 is 0 Å². The molecule has 0 amide bonds. The standard InChI is InChI=1S/C15H15FN2OS/c1-18(9-10-4-2-5-11(16)8-10)15-17-14-12(19)6-3-7-13(14)20-15/h2,4-5,8H,3,6-7,9H2,1H3. The highest BCUT2D eigenvalue weighted by molar-refractivity contribution is 7.15. The number of ketones is 1. The number of halogens is 1. The Morgan fingerprint density at radius 3 is 3.00 bits per heavy atom. The Kier molecular flexibility index (Phi) is 3.53. The number of aryl methyl sites for hydroxylation is 1. The third-order valence-corrected chi connectivity index (χ3v) is 4.62. The predicted molar refractivity (Wildman–Crippen MR) is 77.9 cm³/mol. The fourth-order valence-electron chi connectivity index (χ4n) is 2.39. The van der Waals surface area contributed by atoms with Gasteiger partial charge in [-0.1, -0.05) is 12.1 Å². The van der Waals surface area contributed by atoms with Gasteiger partial charge < -0.3 is 4.90 Å². The number of hydrogen-bond acceptors (Lipinski definition) is 4. The van der Waals surface area contributed by atoms with Crippen molar-refractivity contribution in [2.75, 3.05) is 11.9 Å². The van der Waals surface area contributed by atoms with Crippen LogP contribution < -0.4 is 4.90 Å². The average molecular weight is 290 g/mol. The number of aromatic nitrogens is 1. The minimum Gasteiger partial charge on any atom is -0.347 e. The zero-order valence-electron chi connectivity index (χ0n) is 11.2. The summed E-state index contributed by atoms with van der Waals surface area (Å²) in [5.74, 6) is -0.0857. The number of hydrogen-bond donors (Lipinski definition) is 0. The van der Waals surface area contributed by atoms with Crippen LogP contribution in [-0.2, 0) is 13.0 Å². The normalized spacial score (nSPS) is 14.2. The molecule has 1 aromatic heterocycles.